The Balaban J connectivity index is 1.86. The van der Waals surface area contributed by atoms with Crippen molar-refractivity contribution >= 4 is 0 Å². The molecule has 0 bridgehead atoms. The molecule has 22 heavy (non-hydrogen) atoms. The van der Waals surface area contributed by atoms with Gasteiger partial charge in [-0.2, -0.15) is 5.26 Å². The van der Waals surface area contributed by atoms with Gasteiger partial charge >= 0.3 is 0 Å². The molecule has 0 aliphatic rings. The number of rotatable bonds is 7. The summed E-state index contributed by atoms with van der Waals surface area (Å²) in [6, 6.07) is 13.4. The smallest absolute Gasteiger partial charge is 0.137 e. The van der Waals surface area contributed by atoms with Crippen LogP contribution in [0.4, 0.5) is 0 Å². The van der Waals surface area contributed by atoms with E-state index in [0.717, 1.165) is 42.9 Å². The molecule has 2 aromatic rings. The second-order valence-corrected chi connectivity index (χ2v) is 4.98. The molecule has 112 valence electrons. The second kappa shape index (κ2) is 8.63. The first-order valence-corrected chi connectivity index (χ1v) is 7.54. The lowest BCUT2D eigenvalue weighted by Gasteiger charge is -2.06. The van der Waals surface area contributed by atoms with E-state index in [1.54, 1.807) is 18.3 Å². The van der Waals surface area contributed by atoms with Crippen molar-refractivity contribution < 1.29 is 4.74 Å². The number of nitrogens with zero attached hydrogens (tertiary/aromatic N) is 2. The third-order valence-electron chi connectivity index (χ3n) is 3.32. The minimum absolute atomic E-state index is 0.654. The highest BCUT2D eigenvalue weighted by molar-refractivity contribution is 5.60. The van der Waals surface area contributed by atoms with Gasteiger partial charge in [0.15, 0.2) is 0 Å². The van der Waals surface area contributed by atoms with Gasteiger partial charge in [0.05, 0.1) is 30.1 Å². The molecule has 0 saturated carbocycles. The second-order valence-electron chi connectivity index (χ2n) is 4.98. The van der Waals surface area contributed by atoms with E-state index in [0.29, 0.717) is 5.56 Å². The van der Waals surface area contributed by atoms with Gasteiger partial charge in [0.2, 0.25) is 0 Å². The quantitative estimate of drug-likeness (QED) is 0.546. The Morgan fingerprint density at radius 1 is 1.14 bits per heavy atom. The van der Waals surface area contributed by atoms with Crippen molar-refractivity contribution in [3.05, 3.63) is 60.3 Å². The maximum Gasteiger partial charge on any atom is 0.137 e. The summed E-state index contributed by atoms with van der Waals surface area (Å²) in [4.78, 5) is 4.41. The predicted octanol–water partition coefficient (Wildman–Crippen LogP) is 4.75. The van der Waals surface area contributed by atoms with Crippen molar-refractivity contribution in [3.63, 3.8) is 0 Å². The van der Waals surface area contributed by atoms with Crippen molar-refractivity contribution in [1.29, 1.82) is 5.26 Å². The molecule has 1 aromatic heterocycles. The Morgan fingerprint density at radius 2 is 1.95 bits per heavy atom. The van der Waals surface area contributed by atoms with Crippen LogP contribution in [-0.4, -0.2) is 11.6 Å². The zero-order valence-corrected chi connectivity index (χ0v) is 12.8. The topological polar surface area (TPSA) is 45.9 Å². The summed E-state index contributed by atoms with van der Waals surface area (Å²) in [5, 5.41) is 8.80. The Hall–Kier alpha value is -2.60. The third kappa shape index (κ3) is 4.75. The number of unbranched alkanes of at least 4 members (excludes halogenated alkanes) is 2. The molecule has 0 fully saturated rings. The Morgan fingerprint density at radius 3 is 2.59 bits per heavy atom. The number of nitriles is 1. The molecule has 0 radical (unpaired) electrons. The predicted molar refractivity (Wildman–Crippen MR) is 88.5 cm³/mol. The minimum Gasteiger partial charge on any atom is -0.492 e. The van der Waals surface area contributed by atoms with Gasteiger partial charge in [-0.15, -0.1) is 0 Å². The van der Waals surface area contributed by atoms with E-state index in [-0.39, 0.29) is 0 Å². The molecule has 1 heterocycles. The molecule has 0 aliphatic carbocycles. The average Bonchev–Trinajstić information content (AvgIpc) is 2.59. The van der Waals surface area contributed by atoms with Crippen LogP contribution >= 0.6 is 0 Å². The minimum atomic E-state index is 0.654. The Bertz CT molecular complexity index is 637. The molecule has 0 amide bonds. The van der Waals surface area contributed by atoms with E-state index < -0.39 is 0 Å². The zero-order chi connectivity index (χ0) is 15.6. The van der Waals surface area contributed by atoms with Crippen molar-refractivity contribution in [2.75, 3.05) is 6.61 Å². The molecule has 0 unspecified atom stereocenters. The van der Waals surface area contributed by atoms with E-state index in [1.165, 1.54) is 0 Å². The van der Waals surface area contributed by atoms with Crippen LogP contribution in [0.3, 0.4) is 0 Å². The molecule has 0 saturated heterocycles. The van der Waals surface area contributed by atoms with Crippen molar-refractivity contribution in [1.82, 2.24) is 4.98 Å². The van der Waals surface area contributed by atoms with Crippen molar-refractivity contribution in [2.45, 2.75) is 26.2 Å². The van der Waals surface area contributed by atoms with Crippen molar-refractivity contribution in [3.8, 4) is 23.1 Å². The summed E-state index contributed by atoms with van der Waals surface area (Å²) >= 11 is 0. The number of benzene rings is 1. The monoisotopic (exact) mass is 292 g/mol. The number of hydrogen-bond acceptors (Lipinski definition) is 3. The lowest BCUT2D eigenvalue weighted by atomic mass is 10.1. The van der Waals surface area contributed by atoms with Gasteiger partial charge in [-0.3, -0.25) is 4.98 Å². The SMILES string of the molecule is CC=CCCCCOc1ccc(-c2ccc(C#N)cc2)nc1. The molecule has 0 spiro atoms. The first-order chi connectivity index (χ1) is 10.8. The number of pyridine rings is 1. The number of hydrogen-bond donors (Lipinski definition) is 0. The Kier molecular flexibility index (Phi) is 6.19. The molecule has 0 N–H and O–H groups in total. The van der Waals surface area contributed by atoms with Gasteiger partial charge in [-0.25, -0.2) is 0 Å². The molecular weight excluding hydrogens is 272 g/mol. The average molecular weight is 292 g/mol. The highest BCUT2D eigenvalue weighted by atomic mass is 16.5. The molecular formula is C19H20N2O. The van der Waals surface area contributed by atoms with Crippen LogP contribution < -0.4 is 4.74 Å². The first-order valence-electron chi connectivity index (χ1n) is 7.54. The fourth-order valence-corrected chi connectivity index (χ4v) is 2.07. The molecule has 1 aromatic carbocycles. The van der Waals surface area contributed by atoms with E-state index in [9.17, 15) is 0 Å². The summed E-state index contributed by atoms with van der Waals surface area (Å²) in [5.41, 5.74) is 2.53. The zero-order valence-electron chi connectivity index (χ0n) is 12.8. The summed E-state index contributed by atoms with van der Waals surface area (Å²) < 4.78 is 5.68. The van der Waals surface area contributed by atoms with E-state index in [2.05, 4.69) is 23.2 Å². The fraction of sp³-hybridized carbons (Fsp3) is 0.263. The molecule has 3 heteroatoms. The van der Waals surface area contributed by atoms with Gasteiger partial charge in [0.25, 0.3) is 0 Å². The largest absolute Gasteiger partial charge is 0.492 e. The van der Waals surface area contributed by atoms with Crippen LogP contribution in [0.5, 0.6) is 5.75 Å². The standard InChI is InChI=1S/C19H20N2O/c1-2-3-4-5-6-13-22-18-11-12-19(21-15-18)17-9-7-16(14-20)8-10-17/h2-3,7-12,15H,4-6,13H2,1H3. The van der Waals surface area contributed by atoms with Gasteiger partial charge in [-0.05, 0) is 50.5 Å². The maximum atomic E-state index is 8.80. The van der Waals surface area contributed by atoms with Gasteiger partial charge in [-0.1, -0.05) is 24.3 Å². The first kappa shape index (κ1) is 15.8. The van der Waals surface area contributed by atoms with Gasteiger partial charge in [0.1, 0.15) is 5.75 Å². The molecule has 0 aliphatic heterocycles. The van der Waals surface area contributed by atoms with E-state index in [1.807, 2.05) is 31.2 Å². The lowest BCUT2D eigenvalue weighted by molar-refractivity contribution is 0.306. The van der Waals surface area contributed by atoms with Crippen LogP contribution in [0.25, 0.3) is 11.3 Å². The maximum absolute atomic E-state index is 8.80. The number of ether oxygens (including phenoxy) is 1. The van der Waals surface area contributed by atoms with E-state index >= 15 is 0 Å². The van der Waals surface area contributed by atoms with Crippen molar-refractivity contribution in [2.24, 2.45) is 0 Å². The summed E-state index contributed by atoms with van der Waals surface area (Å²) in [5.74, 6) is 0.795. The van der Waals surface area contributed by atoms with E-state index in [4.69, 9.17) is 10.00 Å². The van der Waals surface area contributed by atoms with Crippen LogP contribution in [0.15, 0.2) is 54.7 Å². The summed E-state index contributed by atoms with van der Waals surface area (Å²) in [7, 11) is 0. The highest BCUT2D eigenvalue weighted by Crippen LogP contribution is 2.20. The summed E-state index contributed by atoms with van der Waals surface area (Å²) in [6.07, 6.45) is 9.29. The normalized spacial score (nSPS) is 10.5. The number of allylic oxidation sites excluding steroid dienone is 2. The molecule has 2 rings (SSSR count). The number of aromatic nitrogens is 1. The van der Waals surface area contributed by atoms with Crippen LogP contribution in [0.2, 0.25) is 0 Å². The van der Waals surface area contributed by atoms with Crippen LogP contribution in [0.1, 0.15) is 31.7 Å². The highest BCUT2D eigenvalue weighted by Gasteiger charge is 2.01. The fourth-order valence-electron chi connectivity index (χ4n) is 2.07. The third-order valence-corrected chi connectivity index (χ3v) is 3.32. The van der Waals surface area contributed by atoms with Gasteiger partial charge in [0, 0.05) is 5.56 Å². The molecule has 3 nitrogen and oxygen atoms in total. The van der Waals surface area contributed by atoms with Gasteiger partial charge < -0.3 is 4.74 Å². The Labute approximate surface area is 131 Å². The van der Waals surface area contributed by atoms with Crippen LogP contribution in [-0.2, 0) is 0 Å². The summed E-state index contributed by atoms with van der Waals surface area (Å²) in [6.45, 7) is 2.76. The molecule has 0 atom stereocenters. The van der Waals surface area contributed by atoms with Crippen LogP contribution in [0, 0.1) is 11.3 Å². The lowest BCUT2D eigenvalue weighted by Crippen LogP contribution is -1.97.